The first-order chi connectivity index (χ1) is 7.79. The van der Waals surface area contributed by atoms with Gasteiger partial charge in [-0.2, -0.15) is 0 Å². The molecule has 0 fully saturated rings. The molecule has 2 aromatic carbocycles. The number of halogens is 1. The smallest absolute Gasteiger partial charge is 0.537 e. The van der Waals surface area contributed by atoms with Crippen molar-refractivity contribution in [3.05, 3.63) is 53.0 Å². The molecule has 2 rings (SSSR count). The Balaban J connectivity index is 2.24. The van der Waals surface area contributed by atoms with Crippen molar-refractivity contribution in [3.8, 4) is 16.9 Å². The van der Waals surface area contributed by atoms with E-state index in [-0.39, 0.29) is 0 Å². The minimum absolute atomic E-state index is 0.614. The van der Waals surface area contributed by atoms with Crippen molar-refractivity contribution in [2.24, 2.45) is 0 Å². The molecule has 1 radical (unpaired) electrons. The van der Waals surface area contributed by atoms with E-state index in [1.165, 1.54) is 0 Å². The largest absolute Gasteiger partial charge is 0.569 e. The van der Waals surface area contributed by atoms with Crippen molar-refractivity contribution in [3.63, 3.8) is 0 Å². The van der Waals surface area contributed by atoms with E-state index in [1.807, 2.05) is 48.5 Å². The Morgan fingerprint density at radius 2 is 1.38 bits per heavy atom. The van der Waals surface area contributed by atoms with Crippen molar-refractivity contribution in [2.45, 2.75) is 0 Å². The predicted molar refractivity (Wildman–Crippen MR) is 68.2 cm³/mol. The van der Waals surface area contributed by atoms with Gasteiger partial charge in [-0.15, -0.1) is 0 Å². The molecule has 1 N–H and O–H groups in total. The minimum Gasteiger partial charge on any atom is -0.537 e. The van der Waals surface area contributed by atoms with E-state index in [9.17, 15) is 0 Å². The van der Waals surface area contributed by atoms with Crippen LogP contribution in [0.15, 0.2) is 53.0 Å². The molecule has 0 atom stereocenters. The van der Waals surface area contributed by atoms with Crippen LogP contribution in [0.4, 0.5) is 0 Å². The van der Waals surface area contributed by atoms with Gasteiger partial charge in [0.05, 0.1) is 0 Å². The molecule has 2 nitrogen and oxygen atoms in total. The van der Waals surface area contributed by atoms with Gasteiger partial charge >= 0.3 is 7.69 Å². The SMILES string of the molecule is O[B]Oc1ccc(-c2ccc(Br)cc2)cc1. The first kappa shape index (κ1) is 11.2. The van der Waals surface area contributed by atoms with Gasteiger partial charge in [-0.1, -0.05) is 40.2 Å². The summed E-state index contributed by atoms with van der Waals surface area (Å²) in [6.07, 6.45) is 0. The Hall–Kier alpha value is -1.26. The van der Waals surface area contributed by atoms with Crippen LogP contribution >= 0.6 is 15.9 Å². The lowest BCUT2D eigenvalue weighted by atomic mass is 10.1. The molecule has 0 unspecified atom stereocenters. The van der Waals surface area contributed by atoms with E-state index in [4.69, 9.17) is 9.68 Å². The standard InChI is InChI=1S/C12H9BBrO2/c14-11-5-1-9(2-6-11)10-3-7-12(8-4-10)16-13-15/h1-8,15H. The summed E-state index contributed by atoms with van der Waals surface area (Å²) < 4.78 is 5.90. The highest BCUT2D eigenvalue weighted by atomic mass is 79.9. The maximum Gasteiger partial charge on any atom is 0.569 e. The van der Waals surface area contributed by atoms with Crippen LogP contribution in [0.25, 0.3) is 11.1 Å². The third kappa shape index (κ3) is 2.65. The Kier molecular flexibility index (Phi) is 3.64. The highest BCUT2D eigenvalue weighted by Crippen LogP contribution is 2.23. The molecule has 79 valence electrons. The highest BCUT2D eigenvalue weighted by Gasteiger charge is 1.98. The van der Waals surface area contributed by atoms with E-state index in [1.54, 1.807) is 0 Å². The van der Waals surface area contributed by atoms with Crippen molar-refractivity contribution in [1.82, 2.24) is 0 Å². The second-order valence-corrected chi connectivity index (χ2v) is 4.17. The fourth-order valence-electron chi connectivity index (χ4n) is 1.43. The van der Waals surface area contributed by atoms with Gasteiger partial charge in [-0.05, 0) is 35.4 Å². The van der Waals surface area contributed by atoms with E-state index in [0.717, 1.165) is 15.6 Å². The van der Waals surface area contributed by atoms with E-state index < -0.39 is 0 Å². The summed E-state index contributed by atoms with van der Waals surface area (Å²) in [4.78, 5) is 0. The van der Waals surface area contributed by atoms with Gasteiger partial charge in [-0.3, -0.25) is 0 Å². The zero-order valence-electron chi connectivity index (χ0n) is 8.43. The van der Waals surface area contributed by atoms with Crippen LogP contribution in [0, 0.1) is 0 Å². The maximum absolute atomic E-state index is 8.48. The Morgan fingerprint density at radius 1 is 0.875 bits per heavy atom. The summed E-state index contributed by atoms with van der Waals surface area (Å²) in [5.74, 6) is 0.614. The van der Waals surface area contributed by atoms with Gasteiger partial charge in [0.2, 0.25) is 0 Å². The lowest BCUT2D eigenvalue weighted by molar-refractivity contribution is 0.454. The minimum atomic E-state index is 0.614. The number of benzene rings is 2. The zero-order chi connectivity index (χ0) is 11.4. The lowest BCUT2D eigenvalue weighted by Crippen LogP contribution is -1.99. The molecule has 0 spiro atoms. The molecule has 16 heavy (non-hydrogen) atoms. The predicted octanol–water partition coefficient (Wildman–Crippen LogP) is 3.02. The molecule has 0 saturated carbocycles. The van der Waals surface area contributed by atoms with E-state index in [0.29, 0.717) is 13.4 Å². The van der Waals surface area contributed by atoms with Crippen molar-refractivity contribution < 1.29 is 9.68 Å². The summed E-state index contributed by atoms with van der Waals surface area (Å²) in [6.45, 7) is 0. The normalized spacial score (nSPS) is 9.88. The van der Waals surface area contributed by atoms with Gasteiger partial charge in [0.1, 0.15) is 5.75 Å². The average molecular weight is 276 g/mol. The molecule has 0 aliphatic carbocycles. The molecule has 0 amide bonds. The van der Waals surface area contributed by atoms with Gasteiger partial charge < -0.3 is 9.68 Å². The van der Waals surface area contributed by atoms with Gasteiger partial charge in [0, 0.05) is 4.47 Å². The lowest BCUT2D eigenvalue weighted by Gasteiger charge is -2.04. The molecule has 2 aromatic rings. The number of hydrogen-bond donors (Lipinski definition) is 1. The monoisotopic (exact) mass is 275 g/mol. The Morgan fingerprint density at radius 3 is 1.88 bits per heavy atom. The van der Waals surface area contributed by atoms with E-state index >= 15 is 0 Å². The highest BCUT2D eigenvalue weighted by molar-refractivity contribution is 9.10. The molecule has 0 saturated heterocycles. The van der Waals surface area contributed by atoms with Crippen LogP contribution in [0.1, 0.15) is 0 Å². The first-order valence-corrected chi connectivity index (χ1v) is 5.57. The van der Waals surface area contributed by atoms with Crippen LogP contribution in [0.2, 0.25) is 0 Å². The maximum atomic E-state index is 8.48. The summed E-state index contributed by atoms with van der Waals surface area (Å²) in [7, 11) is 0.675. The number of rotatable bonds is 3. The zero-order valence-corrected chi connectivity index (χ0v) is 10.0. The molecule has 0 bridgehead atoms. The second kappa shape index (κ2) is 5.19. The third-order valence-corrected chi connectivity index (χ3v) is 2.75. The quantitative estimate of drug-likeness (QED) is 0.873. The van der Waals surface area contributed by atoms with Crippen molar-refractivity contribution in [1.29, 1.82) is 0 Å². The van der Waals surface area contributed by atoms with Crippen LogP contribution in [-0.4, -0.2) is 12.7 Å². The van der Waals surface area contributed by atoms with Gasteiger partial charge in [0.15, 0.2) is 0 Å². The van der Waals surface area contributed by atoms with Gasteiger partial charge in [0.25, 0.3) is 0 Å². The van der Waals surface area contributed by atoms with Crippen LogP contribution in [-0.2, 0) is 0 Å². The van der Waals surface area contributed by atoms with Crippen LogP contribution in [0.3, 0.4) is 0 Å². The molecular weight excluding hydrogens is 267 g/mol. The summed E-state index contributed by atoms with van der Waals surface area (Å²) in [5, 5.41) is 8.48. The summed E-state index contributed by atoms with van der Waals surface area (Å²) >= 11 is 3.40. The molecule has 0 aromatic heterocycles. The first-order valence-electron chi connectivity index (χ1n) is 4.78. The average Bonchev–Trinajstić information content (AvgIpc) is 2.32. The second-order valence-electron chi connectivity index (χ2n) is 3.25. The molecule has 0 aliphatic heterocycles. The topological polar surface area (TPSA) is 29.5 Å². The molecular formula is C12H9BBrO2. The number of hydrogen-bond acceptors (Lipinski definition) is 2. The summed E-state index contributed by atoms with van der Waals surface area (Å²) in [6, 6.07) is 15.6. The molecule has 0 heterocycles. The third-order valence-electron chi connectivity index (χ3n) is 2.22. The Labute approximate surface area is 103 Å². The van der Waals surface area contributed by atoms with Gasteiger partial charge in [-0.25, -0.2) is 0 Å². The van der Waals surface area contributed by atoms with Crippen LogP contribution < -0.4 is 4.65 Å². The fourth-order valence-corrected chi connectivity index (χ4v) is 1.69. The van der Waals surface area contributed by atoms with E-state index in [2.05, 4.69) is 15.9 Å². The molecule has 0 aliphatic rings. The Bertz CT molecular complexity index is 453. The van der Waals surface area contributed by atoms with Crippen molar-refractivity contribution >= 4 is 23.6 Å². The van der Waals surface area contributed by atoms with Crippen LogP contribution in [0.5, 0.6) is 5.75 Å². The molecule has 4 heteroatoms. The fraction of sp³-hybridized carbons (Fsp3) is 0. The summed E-state index contributed by atoms with van der Waals surface area (Å²) in [5.41, 5.74) is 2.25. The van der Waals surface area contributed by atoms with Crippen molar-refractivity contribution in [2.75, 3.05) is 0 Å².